The molecule has 0 aliphatic carbocycles. The van der Waals surface area contributed by atoms with Crippen molar-refractivity contribution in [2.45, 2.75) is 6.42 Å². The highest BCUT2D eigenvalue weighted by Gasteiger charge is 2.34. The Morgan fingerprint density at radius 2 is 1.94 bits per heavy atom. The Kier molecular flexibility index (Phi) is 3.63. The highest BCUT2D eigenvalue weighted by atomic mass is 79.9. The molecule has 1 heterocycles. The van der Waals surface area contributed by atoms with Gasteiger partial charge in [0.1, 0.15) is 5.75 Å². The van der Waals surface area contributed by atoms with E-state index in [2.05, 4.69) is 31.9 Å². The maximum Gasteiger partial charge on any atom is 0.227 e. The second-order valence-electron chi connectivity index (χ2n) is 4.07. The number of nitrogens with two attached hydrogens (primary N) is 1. The Balaban J connectivity index is 2.33. The second-order valence-corrected chi connectivity index (χ2v) is 5.77. The molecule has 0 unspecified atom stereocenters. The lowest BCUT2D eigenvalue weighted by Crippen LogP contribution is -2.28. The average molecular weight is 378 g/mol. The largest absolute Gasteiger partial charge is 0.506 e. The van der Waals surface area contributed by atoms with Crippen LogP contribution in [0.1, 0.15) is 6.42 Å². The minimum atomic E-state index is -0.470. The van der Waals surface area contributed by atoms with Crippen molar-refractivity contribution >= 4 is 49.4 Å². The zero-order chi connectivity index (χ0) is 13.4. The summed E-state index contributed by atoms with van der Waals surface area (Å²) in [7, 11) is 0. The summed E-state index contributed by atoms with van der Waals surface area (Å²) in [4.78, 5) is 24.4. The molecule has 0 saturated carbocycles. The van der Waals surface area contributed by atoms with Gasteiger partial charge in [-0.25, -0.2) is 0 Å². The number of aromatic hydroxyl groups is 1. The maximum absolute atomic E-state index is 11.8. The molecule has 1 saturated heterocycles. The van der Waals surface area contributed by atoms with Crippen molar-refractivity contribution in [2.75, 3.05) is 11.4 Å². The van der Waals surface area contributed by atoms with Crippen molar-refractivity contribution in [1.82, 2.24) is 0 Å². The van der Waals surface area contributed by atoms with Gasteiger partial charge in [-0.3, -0.25) is 9.59 Å². The van der Waals surface area contributed by atoms with Crippen LogP contribution in [0, 0.1) is 5.92 Å². The number of anilines is 1. The number of phenolic OH excluding ortho intramolecular Hbond substituents is 1. The van der Waals surface area contributed by atoms with Crippen molar-refractivity contribution in [3.05, 3.63) is 21.1 Å². The van der Waals surface area contributed by atoms with E-state index in [0.717, 1.165) is 0 Å². The van der Waals surface area contributed by atoms with Crippen LogP contribution in [-0.4, -0.2) is 23.5 Å². The predicted octanol–water partition coefficient (Wildman–Crippen LogP) is 1.76. The van der Waals surface area contributed by atoms with Gasteiger partial charge < -0.3 is 15.7 Å². The second kappa shape index (κ2) is 4.89. The number of carbonyl (C=O) groups is 2. The molecule has 0 aromatic heterocycles. The van der Waals surface area contributed by atoms with Crippen LogP contribution < -0.4 is 10.6 Å². The number of hydrogen-bond donors (Lipinski definition) is 2. The lowest BCUT2D eigenvalue weighted by atomic mass is 10.1. The van der Waals surface area contributed by atoms with Crippen LogP contribution in [-0.2, 0) is 9.59 Å². The van der Waals surface area contributed by atoms with Gasteiger partial charge in [-0.2, -0.15) is 0 Å². The smallest absolute Gasteiger partial charge is 0.227 e. The molecule has 3 N–H and O–H groups in total. The zero-order valence-electron chi connectivity index (χ0n) is 9.19. The van der Waals surface area contributed by atoms with Gasteiger partial charge in [0.15, 0.2) is 0 Å². The van der Waals surface area contributed by atoms with Gasteiger partial charge >= 0.3 is 0 Å². The predicted molar refractivity (Wildman–Crippen MR) is 73.2 cm³/mol. The molecule has 0 bridgehead atoms. The van der Waals surface area contributed by atoms with Crippen LogP contribution in [0.25, 0.3) is 0 Å². The molecule has 1 fully saturated rings. The van der Waals surface area contributed by atoms with Gasteiger partial charge in [0.25, 0.3) is 0 Å². The number of rotatable bonds is 2. The monoisotopic (exact) mass is 376 g/mol. The molecule has 0 spiro atoms. The van der Waals surface area contributed by atoms with Crippen molar-refractivity contribution < 1.29 is 14.7 Å². The summed E-state index contributed by atoms with van der Waals surface area (Å²) in [5.41, 5.74) is 5.82. The first-order chi connectivity index (χ1) is 8.40. The fraction of sp³-hybridized carbons (Fsp3) is 0.273. The quantitative estimate of drug-likeness (QED) is 0.823. The normalized spacial score (nSPS) is 19.3. The Hall–Kier alpha value is -1.08. The number of primary amides is 1. The number of benzene rings is 1. The molecule has 1 atom stereocenters. The fourth-order valence-electron chi connectivity index (χ4n) is 1.86. The zero-order valence-corrected chi connectivity index (χ0v) is 12.4. The van der Waals surface area contributed by atoms with Gasteiger partial charge in [0.2, 0.25) is 11.8 Å². The van der Waals surface area contributed by atoms with Crippen LogP contribution in [0.15, 0.2) is 21.1 Å². The van der Waals surface area contributed by atoms with Gasteiger partial charge in [-0.1, -0.05) is 0 Å². The van der Waals surface area contributed by atoms with Gasteiger partial charge in [-0.15, -0.1) is 0 Å². The Morgan fingerprint density at radius 3 is 2.39 bits per heavy atom. The van der Waals surface area contributed by atoms with E-state index < -0.39 is 11.8 Å². The lowest BCUT2D eigenvalue weighted by Gasteiger charge is -2.17. The number of carbonyl (C=O) groups excluding carboxylic acids is 2. The van der Waals surface area contributed by atoms with E-state index in [4.69, 9.17) is 5.73 Å². The van der Waals surface area contributed by atoms with Crippen molar-refractivity contribution in [1.29, 1.82) is 0 Å². The number of halogens is 2. The van der Waals surface area contributed by atoms with E-state index >= 15 is 0 Å². The van der Waals surface area contributed by atoms with E-state index in [0.29, 0.717) is 14.6 Å². The van der Waals surface area contributed by atoms with Crippen LogP contribution in [0.4, 0.5) is 5.69 Å². The number of hydrogen-bond acceptors (Lipinski definition) is 3. The lowest BCUT2D eigenvalue weighted by molar-refractivity contribution is -0.123. The highest BCUT2D eigenvalue weighted by Crippen LogP contribution is 2.38. The maximum atomic E-state index is 11.8. The summed E-state index contributed by atoms with van der Waals surface area (Å²) in [6.07, 6.45) is 0.130. The third kappa shape index (κ3) is 2.37. The van der Waals surface area contributed by atoms with Crippen LogP contribution in [0.5, 0.6) is 5.75 Å². The van der Waals surface area contributed by atoms with Crippen LogP contribution in [0.2, 0.25) is 0 Å². The molecular formula is C11H10Br2N2O3. The average Bonchev–Trinajstić information content (AvgIpc) is 2.68. The molecule has 2 rings (SSSR count). The van der Waals surface area contributed by atoms with Crippen molar-refractivity contribution in [2.24, 2.45) is 11.7 Å². The minimum Gasteiger partial charge on any atom is -0.506 e. The molecule has 18 heavy (non-hydrogen) atoms. The molecule has 2 amide bonds. The highest BCUT2D eigenvalue weighted by molar-refractivity contribution is 9.11. The Morgan fingerprint density at radius 1 is 1.39 bits per heavy atom. The van der Waals surface area contributed by atoms with E-state index in [1.807, 2.05) is 0 Å². The standard InChI is InChI=1S/C11H10Br2N2O3/c12-7-2-6(3-8(13)10(7)17)15-4-5(11(14)18)1-9(15)16/h2-3,5,17H,1,4H2,(H2,14,18)/t5-/m1/s1. The third-order valence-electron chi connectivity index (χ3n) is 2.84. The summed E-state index contributed by atoms with van der Waals surface area (Å²) in [5.74, 6) is -1.01. The summed E-state index contributed by atoms with van der Waals surface area (Å²) < 4.78 is 0.949. The molecule has 96 valence electrons. The number of phenols is 1. The Labute approximate surface area is 120 Å². The van der Waals surface area contributed by atoms with Crippen LogP contribution in [0.3, 0.4) is 0 Å². The van der Waals surface area contributed by atoms with Crippen molar-refractivity contribution in [3.63, 3.8) is 0 Å². The summed E-state index contributed by atoms with van der Waals surface area (Å²) in [6.45, 7) is 0.276. The fourth-order valence-corrected chi connectivity index (χ4v) is 3.02. The third-order valence-corrected chi connectivity index (χ3v) is 4.05. The van der Waals surface area contributed by atoms with Crippen LogP contribution >= 0.6 is 31.9 Å². The first-order valence-corrected chi connectivity index (χ1v) is 6.76. The minimum absolute atomic E-state index is 0.0665. The molecule has 1 aromatic rings. The van der Waals surface area contributed by atoms with Gasteiger partial charge in [0, 0.05) is 18.7 Å². The van der Waals surface area contributed by atoms with E-state index in [-0.39, 0.29) is 24.6 Å². The molecule has 7 heteroatoms. The molecule has 0 radical (unpaired) electrons. The van der Waals surface area contributed by atoms with E-state index in [9.17, 15) is 14.7 Å². The molecular weight excluding hydrogens is 368 g/mol. The first-order valence-electron chi connectivity index (χ1n) is 5.18. The van der Waals surface area contributed by atoms with Gasteiger partial charge in [0.05, 0.1) is 14.9 Å². The van der Waals surface area contributed by atoms with Crippen molar-refractivity contribution in [3.8, 4) is 5.75 Å². The number of amides is 2. The SMILES string of the molecule is NC(=O)[C@@H]1CC(=O)N(c2cc(Br)c(O)c(Br)c2)C1. The Bertz CT molecular complexity index is 510. The first kappa shape index (κ1) is 13.4. The molecule has 1 aromatic carbocycles. The molecule has 5 nitrogen and oxygen atoms in total. The van der Waals surface area contributed by atoms with E-state index in [1.54, 1.807) is 12.1 Å². The van der Waals surface area contributed by atoms with Gasteiger partial charge in [-0.05, 0) is 44.0 Å². The summed E-state index contributed by atoms with van der Waals surface area (Å²) >= 11 is 6.40. The molecule has 1 aliphatic heterocycles. The number of nitrogens with zero attached hydrogens (tertiary/aromatic N) is 1. The summed E-state index contributed by atoms with van der Waals surface area (Å²) in [6, 6.07) is 3.25. The topological polar surface area (TPSA) is 83.6 Å². The van der Waals surface area contributed by atoms with E-state index in [1.165, 1.54) is 4.90 Å². The molecule has 1 aliphatic rings. The summed E-state index contributed by atoms with van der Waals surface area (Å²) in [5, 5.41) is 9.61.